The van der Waals surface area contributed by atoms with Crippen LogP contribution < -0.4 is 5.32 Å². The maximum absolute atomic E-state index is 11.2. The molecule has 0 bridgehead atoms. The van der Waals surface area contributed by atoms with Gasteiger partial charge in [-0.3, -0.25) is 4.79 Å². The van der Waals surface area contributed by atoms with E-state index in [-0.39, 0.29) is 24.7 Å². The number of carbonyl (C=O) groups is 2. The summed E-state index contributed by atoms with van der Waals surface area (Å²) in [5.74, 6) is -0.701. The van der Waals surface area contributed by atoms with Crippen LogP contribution in [0.1, 0.15) is 27.7 Å². The quantitative estimate of drug-likeness (QED) is 0.680. The van der Waals surface area contributed by atoms with Gasteiger partial charge in [-0.1, -0.05) is 0 Å². The third-order valence-electron chi connectivity index (χ3n) is 1.27. The van der Waals surface area contributed by atoms with Gasteiger partial charge in [-0.05, 0) is 27.7 Å². The zero-order chi connectivity index (χ0) is 11.9. The molecule has 0 radical (unpaired) electrons. The van der Waals surface area contributed by atoms with Crippen LogP contribution in [0.3, 0.4) is 0 Å². The highest BCUT2D eigenvalue weighted by atomic mass is 16.6. The Balaban J connectivity index is 3.60. The van der Waals surface area contributed by atoms with Gasteiger partial charge in [-0.2, -0.15) is 0 Å². The minimum Gasteiger partial charge on any atom is -0.464 e. The van der Waals surface area contributed by atoms with E-state index in [4.69, 9.17) is 4.74 Å². The van der Waals surface area contributed by atoms with Crippen molar-refractivity contribution in [3.8, 4) is 0 Å². The Hall–Kier alpha value is -1.10. The standard InChI is InChI=1S/C10H19NO4/c1-5-15-9(13)7-14-6-8(12)11-10(2,3)4/h5-7H2,1-4H3,(H,11,12). The van der Waals surface area contributed by atoms with Crippen LogP contribution in [0.15, 0.2) is 0 Å². The minimum atomic E-state index is -0.457. The van der Waals surface area contributed by atoms with Gasteiger partial charge in [-0.15, -0.1) is 0 Å². The second-order valence-corrected chi connectivity index (χ2v) is 4.10. The number of hydrogen-bond donors (Lipinski definition) is 1. The largest absolute Gasteiger partial charge is 0.464 e. The molecule has 5 heteroatoms. The fourth-order valence-corrected chi connectivity index (χ4v) is 0.884. The van der Waals surface area contributed by atoms with Gasteiger partial charge < -0.3 is 14.8 Å². The van der Waals surface area contributed by atoms with Gasteiger partial charge in [0.25, 0.3) is 0 Å². The van der Waals surface area contributed by atoms with Crippen LogP contribution in [0.5, 0.6) is 0 Å². The molecule has 0 unspecified atom stereocenters. The lowest BCUT2D eigenvalue weighted by molar-refractivity contribution is -0.149. The summed E-state index contributed by atoms with van der Waals surface area (Å²) in [6, 6.07) is 0. The molecule has 0 fully saturated rings. The zero-order valence-electron chi connectivity index (χ0n) is 9.75. The molecule has 0 spiro atoms. The molecular weight excluding hydrogens is 198 g/mol. The molecular formula is C10H19NO4. The number of hydrogen-bond acceptors (Lipinski definition) is 4. The van der Waals surface area contributed by atoms with E-state index in [1.807, 2.05) is 20.8 Å². The van der Waals surface area contributed by atoms with Gasteiger partial charge in [-0.25, -0.2) is 4.79 Å². The maximum atomic E-state index is 11.2. The van der Waals surface area contributed by atoms with Gasteiger partial charge in [0.1, 0.15) is 13.2 Å². The van der Waals surface area contributed by atoms with Crippen LogP contribution in [-0.4, -0.2) is 37.2 Å². The van der Waals surface area contributed by atoms with Crippen molar-refractivity contribution < 1.29 is 19.1 Å². The Morgan fingerprint density at radius 1 is 1.20 bits per heavy atom. The first-order chi connectivity index (χ1) is 6.85. The lowest BCUT2D eigenvalue weighted by atomic mass is 10.1. The smallest absolute Gasteiger partial charge is 0.332 e. The van der Waals surface area contributed by atoms with Crippen molar-refractivity contribution in [3.05, 3.63) is 0 Å². The van der Waals surface area contributed by atoms with E-state index in [2.05, 4.69) is 10.1 Å². The third kappa shape index (κ3) is 9.21. The molecule has 0 saturated carbocycles. The molecule has 0 rings (SSSR count). The molecule has 1 amide bonds. The summed E-state index contributed by atoms with van der Waals surface area (Å²) >= 11 is 0. The number of rotatable bonds is 5. The second-order valence-electron chi connectivity index (χ2n) is 4.10. The summed E-state index contributed by atoms with van der Waals surface area (Å²) in [6.45, 7) is 7.32. The van der Waals surface area contributed by atoms with Crippen LogP contribution in [-0.2, 0) is 19.1 Å². The predicted molar refractivity (Wildman–Crippen MR) is 55.3 cm³/mol. The molecule has 0 aliphatic rings. The molecule has 0 aromatic carbocycles. The number of esters is 1. The van der Waals surface area contributed by atoms with Crippen LogP contribution in [0.25, 0.3) is 0 Å². The molecule has 1 N–H and O–H groups in total. The van der Waals surface area contributed by atoms with E-state index in [0.29, 0.717) is 6.61 Å². The molecule has 0 aliphatic heterocycles. The van der Waals surface area contributed by atoms with Gasteiger partial charge in [0, 0.05) is 5.54 Å². The van der Waals surface area contributed by atoms with Crippen molar-refractivity contribution in [3.63, 3.8) is 0 Å². The number of amides is 1. The van der Waals surface area contributed by atoms with Crippen molar-refractivity contribution in [2.24, 2.45) is 0 Å². The lowest BCUT2D eigenvalue weighted by Crippen LogP contribution is -2.42. The Labute approximate surface area is 90.1 Å². The molecule has 0 aliphatic carbocycles. The Morgan fingerprint density at radius 2 is 1.80 bits per heavy atom. The van der Waals surface area contributed by atoms with Crippen molar-refractivity contribution in [2.45, 2.75) is 33.2 Å². The molecule has 5 nitrogen and oxygen atoms in total. The van der Waals surface area contributed by atoms with Crippen LogP contribution in [0.4, 0.5) is 0 Å². The Morgan fingerprint density at radius 3 is 2.27 bits per heavy atom. The summed E-state index contributed by atoms with van der Waals surface area (Å²) in [7, 11) is 0. The van der Waals surface area contributed by atoms with E-state index in [1.165, 1.54) is 0 Å². The van der Waals surface area contributed by atoms with E-state index in [1.54, 1.807) is 6.92 Å². The zero-order valence-corrected chi connectivity index (χ0v) is 9.75. The normalized spacial score (nSPS) is 10.9. The first-order valence-electron chi connectivity index (χ1n) is 4.89. The predicted octanol–water partition coefficient (Wildman–Crippen LogP) is 0.481. The monoisotopic (exact) mass is 217 g/mol. The average molecular weight is 217 g/mol. The summed E-state index contributed by atoms with van der Waals surface area (Å²) in [5, 5.41) is 2.71. The highest BCUT2D eigenvalue weighted by Gasteiger charge is 2.13. The number of nitrogens with one attached hydrogen (secondary N) is 1. The van der Waals surface area contributed by atoms with Gasteiger partial charge in [0.2, 0.25) is 5.91 Å². The SMILES string of the molecule is CCOC(=O)COCC(=O)NC(C)(C)C. The second kappa shape index (κ2) is 6.40. The van der Waals surface area contributed by atoms with Gasteiger partial charge in [0.15, 0.2) is 0 Å². The molecule has 0 aromatic heterocycles. The third-order valence-corrected chi connectivity index (χ3v) is 1.27. The molecule has 0 saturated heterocycles. The minimum absolute atomic E-state index is 0.129. The molecule has 15 heavy (non-hydrogen) atoms. The first-order valence-corrected chi connectivity index (χ1v) is 4.89. The van der Waals surface area contributed by atoms with E-state index >= 15 is 0 Å². The van der Waals surface area contributed by atoms with Gasteiger partial charge in [0.05, 0.1) is 6.61 Å². The molecule has 0 aromatic rings. The van der Waals surface area contributed by atoms with Crippen LogP contribution in [0, 0.1) is 0 Å². The average Bonchev–Trinajstić information content (AvgIpc) is 2.00. The highest BCUT2D eigenvalue weighted by molar-refractivity contribution is 5.78. The number of ether oxygens (including phenoxy) is 2. The molecule has 0 heterocycles. The summed E-state index contributed by atoms with van der Waals surface area (Å²) in [4.78, 5) is 22.0. The van der Waals surface area contributed by atoms with Crippen molar-refractivity contribution in [1.29, 1.82) is 0 Å². The van der Waals surface area contributed by atoms with Crippen LogP contribution >= 0.6 is 0 Å². The highest BCUT2D eigenvalue weighted by Crippen LogP contribution is 1.97. The van der Waals surface area contributed by atoms with Gasteiger partial charge >= 0.3 is 5.97 Å². The van der Waals surface area contributed by atoms with E-state index in [0.717, 1.165) is 0 Å². The Kier molecular flexibility index (Phi) is 5.93. The van der Waals surface area contributed by atoms with Crippen molar-refractivity contribution in [1.82, 2.24) is 5.32 Å². The lowest BCUT2D eigenvalue weighted by Gasteiger charge is -2.20. The summed E-state index contributed by atoms with van der Waals surface area (Å²) < 4.78 is 9.50. The van der Waals surface area contributed by atoms with Crippen molar-refractivity contribution >= 4 is 11.9 Å². The van der Waals surface area contributed by atoms with Crippen molar-refractivity contribution in [2.75, 3.05) is 19.8 Å². The summed E-state index contributed by atoms with van der Waals surface area (Å²) in [5.41, 5.74) is -0.287. The molecule has 0 atom stereocenters. The fourth-order valence-electron chi connectivity index (χ4n) is 0.884. The van der Waals surface area contributed by atoms with Crippen LogP contribution in [0.2, 0.25) is 0 Å². The topological polar surface area (TPSA) is 64.6 Å². The Bertz CT molecular complexity index is 220. The first kappa shape index (κ1) is 13.9. The van der Waals surface area contributed by atoms with E-state index in [9.17, 15) is 9.59 Å². The molecule has 88 valence electrons. The van der Waals surface area contributed by atoms with E-state index < -0.39 is 5.97 Å². The summed E-state index contributed by atoms with van der Waals surface area (Å²) in [6.07, 6.45) is 0. The number of carbonyl (C=O) groups excluding carboxylic acids is 2. The fraction of sp³-hybridized carbons (Fsp3) is 0.800. The maximum Gasteiger partial charge on any atom is 0.332 e.